The summed E-state index contributed by atoms with van der Waals surface area (Å²) in [6.45, 7) is 3.01. The van der Waals surface area contributed by atoms with Gasteiger partial charge in [-0.05, 0) is 25.2 Å². The SMILES string of the molecule is CC1CC12CC(n1cc([N+](=O)[O-])c(OCCCO)n1)CCO2. The summed E-state index contributed by atoms with van der Waals surface area (Å²) in [4.78, 5) is 10.7. The minimum atomic E-state index is -0.480. The van der Waals surface area contributed by atoms with E-state index in [-0.39, 0.29) is 36.4 Å². The Morgan fingerprint density at radius 1 is 1.64 bits per heavy atom. The molecule has 1 aliphatic heterocycles. The molecule has 1 aromatic heterocycles. The summed E-state index contributed by atoms with van der Waals surface area (Å²) < 4.78 is 12.9. The van der Waals surface area contributed by atoms with Crippen molar-refractivity contribution in [1.82, 2.24) is 9.78 Å². The summed E-state index contributed by atoms with van der Waals surface area (Å²) in [7, 11) is 0. The van der Waals surface area contributed by atoms with E-state index in [0.717, 1.165) is 19.3 Å². The second kappa shape index (κ2) is 5.85. The summed E-state index contributed by atoms with van der Waals surface area (Å²) in [6, 6.07) is 0.104. The fourth-order valence-electron chi connectivity index (χ4n) is 3.14. The molecule has 2 heterocycles. The largest absolute Gasteiger partial charge is 0.472 e. The average molecular weight is 311 g/mol. The Morgan fingerprint density at radius 3 is 3.05 bits per heavy atom. The van der Waals surface area contributed by atoms with Crippen molar-refractivity contribution in [2.75, 3.05) is 19.8 Å². The molecule has 2 aliphatic rings. The Kier molecular flexibility index (Phi) is 4.05. The minimum Gasteiger partial charge on any atom is -0.472 e. The summed E-state index contributed by atoms with van der Waals surface area (Å²) in [5.41, 5.74) is -0.177. The van der Waals surface area contributed by atoms with Crippen LogP contribution in [0.1, 0.15) is 38.6 Å². The molecular weight excluding hydrogens is 290 g/mol. The number of aliphatic hydroxyl groups excluding tert-OH is 1. The van der Waals surface area contributed by atoms with Crippen molar-refractivity contribution >= 4 is 5.69 Å². The van der Waals surface area contributed by atoms with Gasteiger partial charge in [0.2, 0.25) is 0 Å². The van der Waals surface area contributed by atoms with Crippen LogP contribution in [-0.2, 0) is 4.74 Å². The molecule has 0 bridgehead atoms. The lowest BCUT2D eigenvalue weighted by Crippen LogP contribution is -2.30. The fourth-order valence-corrected chi connectivity index (χ4v) is 3.14. The van der Waals surface area contributed by atoms with Gasteiger partial charge in [-0.3, -0.25) is 14.8 Å². The molecule has 0 radical (unpaired) electrons. The van der Waals surface area contributed by atoms with Crippen LogP contribution in [0.25, 0.3) is 0 Å². The summed E-state index contributed by atoms with van der Waals surface area (Å²) >= 11 is 0. The Hall–Kier alpha value is -1.67. The third kappa shape index (κ3) is 2.80. The molecule has 1 aliphatic carbocycles. The highest BCUT2D eigenvalue weighted by Crippen LogP contribution is 2.54. The van der Waals surface area contributed by atoms with Gasteiger partial charge in [0.05, 0.1) is 23.2 Å². The van der Waals surface area contributed by atoms with E-state index in [0.29, 0.717) is 18.9 Å². The van der Waals surface area contributed by atoms with Crippen LogP contribution in [0.2, 0.25) is 0 Å². The number of nitro groups is 1. The van der Waals surface area contributed by atoms with E-state index in [1.54, 1.807) is 4.68 Å². The van der Waals surface area contributed by atoms with E-state index in [4.69, 9.17) is 14.6 Å². The molecule has 3 unspecified atom stereocenters. The first-order valence-electron chi connectivity index (χ1n) is 7.67. The van der Waals surface area contributed by atoms with Gasteiger partial charge in [-0.1, -0.05) is 6.92 Å². The van der Waals surface area contributed by atoms with Crippen LogP contribution in [-0.4, -0.2) is 45.2 Å². The van der Waals surface area contributed by atoms with Crippen molar-refractivity contribution in [1.29, 1.82) is 0 Å². The topological polar surface area (TPSA) is 99.7 Å². The van der Waals surface area contributed by atoms with Crippen molar-refractivity contribution in [3.05, 3.63) is 16.3 Å². The molecule has 0 amide bonds. The Balaban J connectivity index is 1.75. The zero-order chi connectivity index (χ0) is 15.7. The molecule has 1 N–H and O–H groups in total. The quantitative estimate of drug-likeness (QED) is 0.487. The van der Waals surface area contributed by atoms with Crippen molar-refractivity contribution < 1.29 is 19.5 Å². The maximum Gasteiger partial charge on any atom is 0.350 e. The zero-order valence-corrected chi connectivity index (χ0v) is 12.6. The lowest BCUT2D eigenvalue weighted by Gasteiger charge is -2.30. The smallest absolute Gasteiger partial charge is 0.350 e. The Labute approximate surface area is 128 Å². The molecule has 2 fully saturated rings. The summed E-state index contributed by atoms with van der Waals surface area (Å²) in [5, 5.41) is 24.2. The summed E-state index contributed by atoms with van der Waals surface area (Å²) in [5.74, 6) is 0.573. The molecule has 3 rings (SSSR count). The van der Waals surface area contributed by atoms with Crippen LogP contribution >= 0.6 is 0 Å². The van der Waals surface area contributed by atoms with E-state index in [9.17, 15) is 10.1 Å². The third-order valence-electron chi connectivity index (χ3n) is 4.60. The number of rotatable bonds is 6. The van der Waals surface area contributed by atoms with Crippen LogP contribution in [0.4, 0.5) is 5.69 Å². The van der Waals surface area contributed by atoms with E-state index >= 15 is 0 Å². The Bertz CT molecular complexity index is 561. The van der Waals surface area contributed by atoms with Gasteiger partial charge >= 0.3 is 11.6 Å². The first-order valence-corrected chi connectivity index (χ1v) is 7.67. The highest BCUT2D eigenvalue weighted by molar-refractivity contribution is 5.38. The number of hydrogen-bond donors (Lipinski definition) is 1. The van der Waals surface area contributed by atoms with Crippen molar-refractivity contribution in [2.45, 2.75) is 44.2 Å². The van der Waals surface area contributed by atoms with Crippen molar-refractivity contribution in [2.24, 2.45) is 5.92 Å². The van der Waals surface area contributed by atoms with E-state index in [2.05, 4.69) is 12.0 Å². The van der Waals surface area contributed by atoms with Gasteiger partial charge in [-0.25, -0.2) is 0 Å². The van der Waals surface area contributed by atoms with Crippen LogP contribution in [0, 0.1) is 16.0 Å². The number of ether oxygens (including phenoxy) is 2. The molecule has 1 saturated heterocycles. The van der Waals surface area contributed by atoms with Crippen LogP contribution in [0.15, 0.2) is 6.20 Å². The van der Waals surface area contributed by atoms with Gasteiger partial charge in [-0.15, -0.1) is 5.10 Å². The lowest BCUT2D eigenvalue weighted by atomic mass is 10.0. The van der Waals surface area contributed by atoms with Crippen LogP contribution in [0.5, 0.6) is 5.88 Å². The third-order valence-corrected chi connectivity index (χ3v) is 4.60. The number of hydrogen-bond acceptors (Lipinski definition) is 6. The van der Waals surface area contributed by atoms with E-state index < -0.39 is 4.92 Å². The Morgan fingerprint density at radius 2 is 2.41 bits per heavy atom. The van der Waals surface area contributed by atoms with E-state index in [1.165, 1.54) is 6.20 Å². The number of aromatic nitrogens is 2. The molecule has 22 heavy (non-hydrogen) atoms. The molecule has 1 spiro atoms. The number of aliphatic hydroxyl groups is 1. The molecule has 8 nitrogen and oxygen atoms in total. The van der Waals surface area contributed by atoms with Crippen molar-refractivity contribution in [3.63, 3.8) is 0 Å². The van der Waals surface area contributed by atoms with Gasteiger partial charge < -0.3 is 14.6 Å². The van der Waals surface area contributed by atoms with E-state index in [1.807, 2.05) is 0 Å². The normalized spacial score (nSPS) is 30.5. The van der Waals surface area contributed by atoms with Gasteiger partial charge in [0, 0.05) is 19.6 Å². The molecule has 3 atom stereocenters. The molecule has 1 aromatic rings. The first-order chi connectivity index (χ1) is 10.6. The molecule has 8 heteroatoms. The second-order valence-electron chi connectivity index (χ2n) is 6.15. The minimum absolute atomic E-state index is 0.0190. The maximum absolute atomic E-state index is 11.1. The van der Waals surface area contributed by atoms with Gasteiger partial charge in [0.15, 0.2) is 0 Å². The predicted octanol–water partition coefficient (Wildman–Crippen LogP) is 1.68. The van der Waals surface area contributed by atoms with Crippen molar-refractivity contribution in [3.8, 4) is 5.88 Å². The second-order valence-corrected chi connectivity index (χ2v) is 6.15. The van der Waals surface area contributed by atoms with Crippen LogP contribution in [0.3, 0.4) is 0 Å². The molecular formula is C14H21N3O5. The monoisotopic (exact) mass is 311 g/mol. The highest BCUT2D eigenvalue weighted by Gasteiger charge is 2.55. The predicted molar refractivity (Wildman–Crippen MR) is 76.8 cm³/mol. The number of nitrogens with zero attached hydrogens (tertiary/aromatic N) is 3. The maximum atomic E-state index is 11.1. The van der Waals surface area contributed by atoms with Crippen LogP contribution < -0.4 is 4.74 Å². The lowest BCUT2D eigenvalue weighted by molar-refractivity contribution is -0.386. The summed E-state index contributed by atoms with van der Waals surface area (Å²) in [6.07, 6.45) is 4.55. The molecule has 122 valence electrons. The first kappa shape index (κ1) is 15.2. The average Bonchev–Trinajstić information content (AvgIpc) is 2.93. The molecule has 1 saturated carbocycles. The molecule has 0 aromatic carbocycles. The standard InChI is InChI=1S/C14H21N3O5/c1-10-7-14(10)8-11(3-6-22-14)16-9-12(17(19)20)13(15-16)21-5-2-4-18/h9-11,18H,2-8H2,1H3. The van der Waals surface area contributed by atoms with Gasteiger partial charge in [-0.2, -0.15) is 0 Å². The fraction of sp³-hybridized carbons (Fsp3) is 0.786. The van der Waals surface area contributed by atoms with Gasteiger partial charge in [0.25, 0.3) is 0 Å². The van der Waals surface area contributed by atoms with Gasteiger partial charge in [0.1, 0.15) is 6.20 Å². The highest BCUT2D eigenvalue weighted by atomic mass is 16.6. The zero-order valence-electron chi connectivity index (χ0n) is 12.6.